The van der Waals surface area contributed by atoms with Gasteiger partial charge in [0.2, 0.25) is 5.92 Å². The number of amidine groups is 1. The molecule has 0 amide bonds. The third kappa shape index (κ3) is 2.17. The predicted molar refractivity (Wildman–Crippen MR) is 47.3 cm³/mol. The summed E-state index contributed by atoms with van der Waals surface area (Å²) in [5, 5.41) is 3.10. The number of nitrogens with one attached hydrogen (secondary N) is 1. The quantitative estimate of drug-likeness (QED) is 0.668. The molecule has 0 bridgehead atoms. The normalized spacial score (nSPS) is 31.8. The first-order chi connectivity index (χ1) is 6.16. The van der Waals surface area contributed by atoms with Crippen molar-refractivity contribution < 1.29 is 8.78 Å². The Kier molecular flexibility index (Phi) is 2.22. The molecule has 1 N–H and O–H groups in total. The zero-order valence-electron chi connectivity index (χ0n) is 7.52. The van der Waals surface area contributed by atoms with E-state index >= 15 is 0 Å². The molecular formula is C9H14F2N2. The van der Waals surface area contributed by atoms with Gasteiger partial charge in [0.15, 0.2) is 0 Å². The fraction of sp³-hybridized carbons (Fsp3) is 0.889. The molecule has 0 aromatic heterocycles. The molecule has 1 saturated carbocycles. The predicted octanol–water partition coefficient (Wildman–Crippen LogP) is 1.96. The van der Waals surface area contributed by atoms with Gasteiger partial charge in [-0.05, 0) is 12.8 Å². The maximum atomic E-state index is 12.8. The molecule has 1 heterocycles. The summed E-state index contributed by atoms with van der Waals surface area (Å²) in [6.07, 6.45) is 2.57. The standard InChI is InChI=1S/C9H14F2N2/c10-9(11)4-3-7(6-9)13-8-2-1-5-12-8/h7H,1-6H2,(H,12,13). The van der Waals surface area contributed by atoms with Crippen LogP contribution in [0.4, 0.5) is 8.78 Å². The van der Waals surface area contributed by atoms with E-state index in [9.17, 15) is 8.78 Å². The van der Waals surface area contributed by atoms with E-state index in [1.807, 2.05) is 0 Å². The molecule has 1 atom stereocenters. The summed E-state index contributed by atoms with van der Waals surface area (Å²) in [6, 6.07) is -0.0492. The van der Waals surface area contributed by atoms with E-state index in [1.54, 1.807) is 0 Å². The smallest absolute Gasteiger partial charge is 0.250 e. The van der Waals surface area contributed by atoms with E-state index in [0.717, 1.165) is 25.2 Å². The summed E-state index contributed by atoms with van der Waals surface area (Å²) in [4.78, 5) is 4.21. The lowest BCUT2D eigenvalue weighted by Crippen LogP contribution is -2.32. The van der Waals surface area contributed by atoms with Crippen molar-refractivity contribution in [1.82, 2.24) is 5.32 Å². The molecule has 1 unspecified atom stereocenters. The van der Waals surface area contributed by atoms with Crippen molar-refractivity contribution in [3.63, 3.8) is 0 Å². The van der Waals surface area contributed by atoms with Gasteiger partial charge in [-0.25, -0.2) is 8.78 Å². The molecule has 0 radical (unpaired) electrons. The largest absolute Gasteiger partial charge is 0.371 e. The molecule has 0 spiro atoms. The van der Waals surface area contributed by atoms with Gasteiger partial charge in [-0.2, -0.15) is 0 Å². The van der Waals surface area contributed by atoms with Crippen LogP contribution in [-0.4, -0.2) is 24.3 Å². The molecule has 1 aliphatic carbocycles. The van der Waals surface area contributed by atoms with Crippen LogP contribution in [0.1, 0.15) is 32.1 Å². The summed E-state index contributed by atoms with van der Waals surface area (Å²) in [5.41, 5.74) is 0. The minimum absolute atomic E-state index is 0.0218. The van der Waals surface area contributed by atoms with Crippen LogP contribution in [-0.2, 0) is 0 Å². The first kappa shape index (κ1) is 8.91. The molecule has 0 saturated heterocycles. The zero-order chi connectivity index (χ0) is 9.31. The highest BCUT2D eigenvalue weighted by molar-refractivity contribution is 5.83. The third-order valence-electron chi connectivity index (χ3n) is 2.65. The van der Waals surface area contributed by atoms with E-state index in [2.05, 4.69) is 10.3 Å². The Morgan fingerprint density at radius 1 is 1.46 bits per heavy atom. The van der Waals surface area contributed by atoms with Crippen molar-refractivity contribution >= 4 is 5.84 Å². The SMILES string of the molecule is FC1(F)CCC(NC2=NCCC2)C1. The van der Waals surface area contributed by atoms with E-state index in [-0.39, 0.29) is 18.9 Å². The van der Waals surface area contributed by atoms with Crippen LogP contribution in [0.2, 0.25) is 0 Å². The minimum Gasteiger partial charge on any atom is -0.371 e. The van der Waals surface area contributed by atoms with Crippen molar-refractivity contribution in [2.24, 2.45) is 4.99 Å². The molecule has 4 heteroatoms. The number of alkyl halides is 2. The van der Waals surface area contributed by atoms with Crippen LogP contribution in [0, 0.1) is 0 Å². The van der Waals surface area contributed by atoms with Crippen LogP contribution < -0.4 is 5.32 Å². The van der Waals surface area contributed by atoms with Crippen molar-refractivity contribution in [2.45, 2.75) is 44.1 Å². The van der Waals surface area contributed by atoms with Gasteiger partial charge in [-0.3, -0.25) is 4.99 Å². The molecule has 1 aliphatic heterocycles. The maximum absolute atomic E-state index is 12.8. The average molecular weight is 188 g/mol. The van der Waals surface area contributed by atoms with Crippen molar-refractivity contribution in [1.29, 1.82) is 0 Å². The van der Waals surface area contributed by atoms with E-state index in [1.165, 1.54) is 0 Å². The first-order valence-electron chi connectivity index (χ1n) is 4.83. The van der Waals surface area contributed by atoms with Crippen LogP contribution >= 0.6 is 0 Å². The van der Waals surface area contributed by atoms with Gasteiger partial charge < -0.3 is 5.32 Å². The molecule has 0 aromatic carbocycles. The summed E-state index contributed by atoms with van der Waals surface area (Å²) in [5.74, 6) is -1.51. The Morgan fingerprint density at radius 3 is 2.85 bits per heavy atom. The molecule has 0 aromatic rings. The minimum atomic E-state index is -2.45. The average Bonchev–Trinajstić information content (AvgIpc) is 2.61. The first-order valence-corrected chi connectivity index (χ1v) is 4.83. The van der Waals surface area contributed by atoms with Crippen LogP contribution in [0.5, 0.6) is 0 Å². The van der Waals surface area contributed by atoms with Gasteiger partial charge >= 0.3 is 0 Å². The van der Waals surface area contributed by atoms with E-state index in [4.69, 9.17) is 0 Å². The second-order valence-electron chi connectivity index (χ2n) is 3.87. The molecule has 1 fully saturated rings. The highest BCUT2D eigenvalue weighted by atomic mass is 19.3. The number of rotatable bonds is 1. The Hall–Kier alpha value is -0.670. The maximum Gasteiger partial charge on any atom is 0.250 e. The number of hydrogen-bond donors (Lipinski definition) is 1. The summed E-state index contributed by atoms with van der Waals surface area (Å²) >= 11 is 0. The zero-order valence-corrected chi connectivity index (χ0v) is 7.52. The van der Waals surface area contributed by atoms with Gasteiger partial charge in [0.25, 0.3) is 0 Å². The van der Waals surface area contributed by atoms with Gasteiger partial charge in [-0.1, -0.05) is 0 Å². The lowest BCUT2D eigenvalue weighted by Gasteiger charge is -2.13. The Bertz CT molecular complexity index is 226. The Balaban J connectivity index is 1.83. The van der Waals surface area contributed by atoms with Crippen LogP contribution in [0.15, 0.2) is 4.99 Å². The summed E-state index contributed by atoms with van der Waals surface area (Å²) in [6.45, 7) is 0.853. The highest BCUT2D eigenvalue weighted by Crippen LogP contribution is 2.34. The summed E-state index contributed by atoms with van der Waals surface area (Å²) in [7, 11) is 0. The van der Waals surface area contributed by atoms with Gasteiger partial charge in [0, 0.05) is 31.8 Å². The Labute approximate surface area is 76.4 Å². The van der Waals surface area contributed by atoms with Crippen LogP contribution in [0.3, 0.4) is 0 Å². The highest BCUT2D eigenvalue weighted by Gasteiger charge is 2.39. The number of halogens is 2. The molecule has 2 aliphatic rings. The van der Waals surface area contributed by atoms with Crippen LogP contribution in [0.25, 0.3) is 0 Å². The molecule has 13 heavy (non-hydrogen) atoms. The van der Waals surface area contributed by atoms with E-state index < -0.39 is 5.92 Å². The molecule has 2 rings (SSSR count). The van der Waals surface area contributed by atoms with Gasteiger partial charge in [0.05, 0.1) is 5.84 Å². The fourth-order valence-electron chi connectivity index (χ4n) is 1.97. The monoisotopic (exact) mass is 188 g/mol. The second kappa shape index (κ2) is 3.24. The van der Waals surface area contributed by atoms with Crippen molar-refractivity contribution in [3.05, 3.63) is 0 Å². The lowest BCUT2D eigenvalue weighted by molar-refractivity contribution is 0.00748. The molecular weight excluding hydrogens is 174 g/mol. The summed E-state index contributed by atoms with van der Waals surface area (Å²) < 4.78 is 25.6. The topological polar surface area (TPSA) is 24.4 Å². The van der Waals surface area contributed by atoms with Crippen molar-refractivity contribution in [3.8, 4) is 0 Å². The molecule has 74 valence electrons. The lowest BCUT2D eigenvalue weighted by atomic mass is 10.2. The van der Waals surface area contributed by atoms with Crippen molar-refractivity contribution in [2.75, 3.05) is 6.54 Å². The third-order valence-corrected chi connectivity index (χ3v) is 2.65. The Morgan fingerprint density at radius 2 is 2.31 bits per heavy atom. The second-order valence-corrected chi connectivity index (χ2v) is 3.87. The number of hydrogen-bond acceptors (Lipinski definition) is 2. The van der Waals surface area contributed by atoms with E-state index in [0.29, 0.717) is 6.42 Å². The van der Waals surface area contributed by atoms with Gasteiger partial charge in [-0.15, -0.1) is 0 Å². The van der Waals surface area contributed by atoms with Gasteiger partial charge in [0.1, 0.15) is 0 Å². The number of nitrogens with zero attached hydrogens (tertiary/aromatic N) is 1. The number of aliphatic imine (C=N–C) groups is 1. The fourth-order valence-corrected chi connectivity index (χ4v) is 1.97. The molecule has 2 nitrogen and oxygen atoms in total.